The quantitative estimate of drug-likeness (QED) is 0.942. The van der Waals surface area contributed by atoms with Crippen LogP contribution in [-0.2, 0) is 6.54 Å². The second-order valence-electron chi connectivity index (χ2n) is 7.77. The Labute approximate surface area is 126 Å². The number of pyridine rings is 1. The van der Waals surface area contributed by atoms with Gasteiger partial charge in [-0.05, 0) is 48.1 Å². The van der Waals surface area contributed by atoms with Crippen LogP contribution in [0.15, 0.2) is 24.4 Å². The van der Waals surface area contributed by atoms with Crippen LogP contribution in [0.3, 0.4) is 0 Å². The molecule has 4 heteroatoms. The summed E-state index contributed by atoms with van der Waals surface area (Å²) in [4.78, 5) is 0. The standard InChI is InChI=1S/C17H24N4/c1-16(2)12-7-8-17(3,10-12)15(16)18-11-14-20-19-13-6-4-5-9-21(13)14/h4-6,9,12,15,18H,7-8,10-11H2,1-3H3. The SMILES string of the molecule is CC12CCC(C1)C(C)(C)C2NCc1nnc2ccccn12. The smallest absolute Gasteiger partial charge is 0.160 e. The molecule has 0 radical (unpaired) electrons. The van der Waals surface area contributed by atoms with Gasteiger partial charge < -0.3 is 5.32 Å². The van der Waals surface area contributed by atoms with Crippen molar-refractivity contribution in [1.29, 1.82) is 0 Å². The van der Waals surface area contributed by atoms with E-state index >= 15 is 0 Å². The predicted octanol–water partition coefficient (Wildman–Crippen LogP) is 3.03. The lowest BCUT2D eigenvalue weighted by atomic mass is 9.68. The molecule has 2 saturated carbocycles. The third kappa shape index (κ3) is 1.85. The van der Waals surface area contributed by atoms with Gasteiger partial charge in [0.25, 0.3) is 0 Å². The van der Waals surface area contributed by atoms with Gasteiger partial charge in [-0.2, -0.15) is 0 Å². The van der Waals surface area contributed by atoms with Crippen LogP contribution in [0.4, 0.5) is 0 Å². The summed E-state index contributed by atoms with van der Waals surface area (Å²) in [7, 11) is 0. The van der Waals surface area contributed by atoms with E-state index in [4.69, 9.17) is 0 Å². The van der Waals surface area contributed by atoms with Gasteiger partial charge >= 0.3 is 0 Å². The van der Waals surface area contributed by atoms with Crippen LogP contribution < -0.4 is 5.32 Å². The highest BCUT2D eigenvalue weighted by Gasteiger charge is 2.58. The second-order valence-corrected chi connectivity index (χ2v) is 7.77. The van der Waals surface area contributed by atoms with Crippen LogP contribution in [0.2, 0.25) is 0 Å². The molecule has 2 fully saturated rings. The number of fused-ring (bicyclic) bond motifs is 3. The summed E-state index contributed by atoms with van der Waals surface area (Å²) >= 11 is 0. The largest absolute Gasteiger partial charge is 0.306 e. The molecule has 2 aliphatic rings. The van der Waals surface area contributed by atoms with Crippen molar-refractivity contribution in [2.45, 2.75) is 52.6 Å². The van der Waals surface area contributed by atoms with E-state index in [9.17, 15) is 0 Å². The summed E-state index contributed by atoms with van der Waals surface area (Å²) in [5.74, 6) is 1.88. The Morgan fingerprint density at radius 3 is 2.90 bits per heavy atom. The summed E-state index contributed by atoms with van der Waals surface area (Å²) in [6.45, 7) is 8.12. The third-order valence-corrected chi connectivity index (χ3v) is 6.12. The lowest BCUT2D eigenvalue weighted by Crippen LogP contribution is -2.50. The summed E-state index contributed by atoms with van der Waals surface area (Å²) in [6, 6.07) is 6.60. The molecular formula is C17H24N4. The van der Waals surface area contributed by atoms with Gasteiger partial charge in [-0.3, -0.25) is 4.40 Å². The second kappa shape index (κ2) is 4.29. The van der Waals surface area contributed by atoms with E-state index in [-0.39, 0.29) is 0 Å². The van der Waals surface area contributed by atoms with E-state index in [1.54, 1.807) is 0 Å². The number of hydrogen-bond acceptors (Lipinski definition) is 3. The summed E-state index contributed by atoms with van der Waals surface area (Å²) in [5.41, 5.74) is 1.76. The number of aromatic nitrogens is 3. The van der Waals surface area contributed by atoms with Gasteiger partial charge in [-0.25, -0.2) is 0 Å². The first-order valence-corrected chi connectivity index (χ1v) is 8.03. The molecular weight excluding hydrogens is 260 g/mol. The van der Waals surface area contributed by atoms with Crippen molar-refractivity contribution in [2.75, 3.05) is 0 Å². The number of rotatable bonds is 3. The Morgan fingerprint density at radius 1 is 1.29 bits per heavy atom. The fourth-order valence-electron chi connectivity index (χ4n) is 5.02. The minimum atomic E-state index is 0.382. The highest BCUT2D eigenvalue weighted by atomic mass is 15.3. The molecule has 4 nitrogen and oxygen atoms in total. The van der Waals surface area contributed by atoms with Crippen molar-refractivity contribution in [3.05, 3.63) is 30.2 Å². The minimum absolute atomic E-state index is 0.382. The first-order valence-electron chi connectivity index (χ1n) is 8.03. The van der Waals surface area contributed by atoms with Crippen LogP contribution in [0.1, 0.15) is 45.9 Å². The Bertz CT molecular complexity index is 669. The zero-order valence-electron chi connectivity index (χ0n) is 13.1. The molecule has 21 heavy (non-hydrogen) atoms. The first-order chi connectivity index (χ1) is 10.0. The monoisotopic (exact) mass is 284 g/mol. The van der Waals surface area contributed by atoms with Crippen LogP contribution in [-0.4, -0.2) is 20.6 Å². The molecule has 2 bridgehead atoms. The fourth-order valence-corrected chi connectivity index (χ4v) is 5.02. The fraction of sp³-hybridized carbons (Fsp3) is 0.647. The van der Waals surface area contributed by atoms with Crippen molar-refractivity contribution < 1.29 is 0 Å². The Balaban J connectivity index is 1.57. The molecule has 112 valence electrons. The van der Waals surface area contributed by atoms with Gasteiger partial charge in [-0.1, -0.05) is 26.8 Å². The van der Waals surface area contributed by atoms with E-state index in [1.807, 2.05) is 24.4 Å². The zero-order valence-corrected chi connectivity index (χ0v) is 13.1. The van der Waals surface area contributed by atoms with Gasteiger partial charge in [0.05, 0.1) is 6.54 Å². The Kier molecular flexibility index (Phi) is 2.71. The highest BCUT2D eigenvalue weighted by molar-refractivity contribution is 5.37. The van der Waals surface area contributed by atoms with Gasteiger partial charge in [0.15, 0.2) is 11.5 Å². The first kappa shape index (κ1) is 13.3. The van der Waals surface area contributed by atoms with Crippen molar-refractivity contribution in [1.82, 2.24) is 19.9 Å². The molecule has 0 saturated heterocycles. The zero-order chi connectivity index (χ0) is 14.7. The normalized spacial score (nSPS) is 33.9. The van der Waals surface area contributed by atoms with E-state index in [0.29, 0.717) is 16.9 Å². The molecule has 1 N–H and O–H groups in total. The Hall–Kier alpha value is -1.42. The van der Waals surface area contributed by atoms with E-state index in [1.165, 1.54) is 19.3 Å². The maximum Gasteiger partial charge on any atom is 0.160 e. The van der Waals surface area contributed by atoms with Gasteiger partial charge in [-0.15, -0.1) is 10.2 Å². The average molecular weight is 284 g/mol. The molecule has 0 amide bonds. The maximum absolute atomic E-state index is 4.34. The topological polar surface area (TPSA) is 42.2 Å². The summed E-state index contributed by atoms with van der Waals surface area (Å²) < 4.78 is 2.08. The summed E-state index contributed by atoms with van der Waals surface area (Å²) in [6.07, 6.45) is 6.17. The predicted molar refractivity (Wildman–Crippen MR) is 82.8 cm³/mol. The van der Waals surface area contributed by atoms with Crippen molar-refractivity contribution >= 4 is 5.65 Å². The van der Waals surface area contributed by atoms with Crippen LogP contribution in [0, 0.1) is 16.7 Å². The molecule has 0 aromatic carbocycles. The molecule has 2 aromatic heterocycles. The Morgan fingerprint density at radius 2 is 2.14 bits per heavy atom. The maximum atomic E-state index is 4.34. The summed E-state index contributed by atoms with van der Waals surface area (Å²) in [5, 5.41) is 12.4. The minimum Gasteiger partial charge on any atom is -0.306 e. The molecule has 2 heterocycles. The molecule has 2 aliphatic carbocycles. The van der Waals surface area contributed by atoms with Gasteiger partial charge in [0.2, 0.25) is 0 Å². The lowest BCUT2D eigenvalue weighted by molar-refractivity contribution is 0.107. The highest BCUT2D eigenvalue weighted by Crippen LogP contribution is 2.62. The van der Waals surface area contributed by atoms with Gasteiger partial charge in [0, 0.05) is 12.2 Å². The number of nitrogens with zero attached hydrogens (tertiary/aromatic N) is 3. The van der Waals surface area contributed by atoms with Crippen LogP contribution >= 0.6 is 0 Å². The number of nitrogens with one attached hydrogen (secondary N) is 1. The molecule has 0 aliphatic heterocycles. The van der Waals surface area contributed by atoms with E-state index < -0.39 is 0 Å². The molecule has 4 rings (SSSR count). The number of hydrogen-bond donors (Lipinski definition) is 1. The average Bonchev–Trinajstić information content (AvgIpc) is 3.08. The van der Waals surface area contributed by atoms with E-state index in [2.05, 4.69) is 40.7 Å². The molecule has 3 atom stereocenters. The molecule has 3 unspecified atom stereocenters. The third-order valence-electron chi connectivity index (χ3n) is 6.12. The van der Waals surface area contributed by atoms with Crippen LogP contribution in [0.5, 0.6) is 0 Å². The lowest BCUT2D eigenvalue weighted by Gasteiger charge is -2.43. The van der Waals surface area contributed by atoms with E-state index in [0.717, 1.165) is 23.9 Å². The van der Waals surface area contributed by atoms with Crippen molar-refractivity contribution in [2.24, 2.45) is 16.7 Å². The van der Waals surface area contributed by atoms with Gasteiger partial charge in [0.1, 0.15) is 0 Å². The van der Waals surface area contributed by atoms with Crippen LogP contribution in [0.25, 0.3) is 5.65 Å². The molecule has 2 aromatic rings. The van der Waals surface area contributed by atoms with Crippen molar-refractivity contribution in [3.63, 3.8) is 0 Å². The molecule has 0 spiro atoms. The van der Waals surface area contributed by atoms with Crippen molar-refractivity contribution in [3.8, 4) is 0 Å².